The Hall–Kier alpha value is -0.320. The van der Waals surface area contributed by atoms with Gasteiger partial charge in [0.2, 0.25) is 0 Å². The van der Waals surface area contributed by atoms with Gasteiger partial charge in [0.25, 0.3) is 0 Å². The zero-order valence-corrected chi connectivity index (χ0v) is 14.5. The maximum absolute atomic E-state index is 6.34. The van der Waals surface area contributed by atoms with Crippen LogP contribution in [0.3, 0.4) is 0 Å². The van der Waals surface area contributed by atoms with Gasteiger partial charge in [-0.15, -0.1) is 0 Å². The van der Waals surface area contributed by atoms with Crippen molar-refractivity contribution in [3.63, 3.8) is 0 Å². The highest BCUT2D eigenvalue weighted by Crippen LogP contribution is 2.36. The molecule has 1 fully saturated rings. The van der Waals surface area contributed by atoms with Gasteiger partial charge in [0.1, 0.15) is 11.6 Å². The van der Waals surface area contributed by atoms with Crippen molar-refractivity contribution < 1.29 is 0 Å². The van der Waals surface area contributed by atoms with Crippen LogP contribution in [0.4, 0.5) is 11.6 Å². The average Bonchev–Trinajstić information content (AvgIpc) is 2.36. The summed E-state index contributed by atoms with van der Waals surface area (Å²) in [6, 6.07) is 1.79. The summed E-state index contributed by atoms with van der Waals surface area (Å²) >= 11 is 14.5. The fraction of sp³-hybridized carbons (Fsp3) is 0.643. The molecule has 1 aliphatic heterocycles. The van der Waals surface area contributed by atoms with Gasteiger partial charge in [-0.2, -0.15) is 11.8 Å². The molecule has 0 unspecified atom stereocenters. The predicted octanol–water partition coefficient (Wildman–Crippen LogP) is 4.54. The van der Waals surface area contributed by atoms with Crippen LogP contribution in [0.15, 0.2) is 6.07 Å². The van der Waals surface area contributed by atoms with Crippen molar-refractivity contribution in [2.24, 2.45) is 0 Å². The highest BCUT2D eigenvalue weighted by Gasteiger charge is 2.29. The van der Waals surface area contributed by atoms with Crippen LogP contribution >= 0.6 is 35.0 Å². The summed E-state index contributed by atoms with van der Waals surface area (Å²) in [5.41, 5.74) is 0. The average molecular weight is 334 g/mol. The van der Waals surface area contributed by atoms with Crippen molar-refractivity contribution in [3.05, 3.63) is 16.1 Å². The normalized spacial score (nSPS) is 18.1. The second-order valence-corrected chi connectivity index (χ2v) is 8.20. The highest BCUT2D eigenvalue weighted by atomic mass is 35.5. The van der Waals surface area contributed by atoms with E-state index in [0.29, 0.717) is 10.0 Å². The topological polar surface area (TPSA) is 28.2 Å². The number of anilines is 2. The molecule has 0 amide bonds. The first-order valence-corrected chi connectivity index (χ1v) is 8.66. The minimum absolute atomic E-state index is 0.222. The third-order valence-corrected chi connectivity index (χ3v) is 5.04. The quantitative estimate of drug-likeness (QED) is 0.875. The van der Waals surface area contributed by atoms with Gasteiger partial charge in [0, 0.05) is 30.1 Å². The van der Waals surface area contributed by atoms with Crippen LogP contribution in [-0.2, 0) is 0 Å². The van der Waals surface area contributed by atoms with E-state index in [1.54, 1.807) is 6.07 Å². The van der Waals surface area contributed by atoms with Gasteiger partial charge in [0.05, 0.1) is 10.0 Å². The standard InChI is InChI=1S/C14H21Cl2N3S/c1-4-5-17-12-10(15)8-11(16)13(18-12)19-6-7-20-14(2,3)9-19/h8H,4-7,9H2,1-3H3,(H,17,18). The Labute approximate surface area is 135 Å². The SMILES string of the molecule is CCCNc1nc(N2CCSC(C)(C)C2)c(Cl)cc1Cl. The van der Waals surface area contributed by atoms with Gasteiger partial charge in [-0.05, 0) is 26.3 Å². The summed E-state index contributed by atoms with van der Waals surface area (Å²) in [5, 5.41) is 4.46. The van der Waals surface area contributed by atoms with E-state index in [0.717, 1.165) is 43.4 Å². The summed E-state index contributed by atoms with van der Waals surface area (Å²) < 4.78 is 0.222. The zero-order chi connectivity index (χ0) is 14.8. The lowest BCUT2D eigenvalue weighted by atomic mass is 10.2. The number of nitrogens with one attached hydrogen (secondary N) is 1. The zero-order valence-electron chi connectivity index (χ0n) is 12.2. The molecule has 20 heavy (non-hydrogen) atoms. The van der Waals surface area contributed by atoms with Crippen molar-refractivity contribution in [1.29, 1.82) is 0 Å². The second-order valence-electron chi connectivity index (χ2n) is 5.58. The molecule has 112 valence electrons. The van der Waals surface area contributed by atoms with Gasteiger partial charge in [-0.3, -0.25) is 0 Å². The Bertz CT molecular complexity index is 480. The van der Waals surface area contributed by atoms with Crippen LogP contribution < -0.4 is 10.2 Å². The van der Waals surface area contributed by atoms with E-state index < -0.39 is 0 Å². The summed E-state index contributed by atoms with van der Waals surface area (Å²) in [7, 11) is 0. The van der Waals surface area contributed by atoms with E-state index in [1.807, 2.05) is 11.8 Å². The molecule has 6 heteroatoms. The number of rotatable bonds is 4. The first-order valence-electron chi connectivity index (χ1n) is 6.92. The summed E-state index contributed by atoms with van der Waals surface area (Å²) in [6.45, 7) is 9.39. The lowest BCUT2D eigenvalue weighted by molar-refractivity contribution is 0.642. The molecule has 1 N–H and O–H groups in total. The smallest absolute Gasteiger partial charge is 0.150 e. The lowest BCUT2D eigenvalue weighted by Crippen LogP contribution is -2.43. The van der Waals surface area contributed by atoms with E-state index in [1.165, 1.54) is 0 Å². The molecule has 0 saturated carbocycles. The number of pyridine rings is 1. The molecule has 2 rings (SSSR count). The summed E-state index contributed by atoms with van der Waals surface area (Å²) in [6.07, 6.45) is 1.03. The largest absolute Gasteiger partial charge is 0.369 e. The third-order valence-electron chi connectivity index (χ3n) is 3.18. The number of thioether (sulfide) groups is 1. The number of nitrogens with zero attached hydrogens (tertiary/aromatic N) is 2. The minimum Gasteiger partial charge on any atom is -0.369 e. The number of aromatic nitrogens is 1. The van der Waals surface area contributed by atoms with E-state index in [2.05, 4.69) is 36.0 Å². The monoisotopic (exact) mass is 333 g/mol. The Kier molecular flexibility index (Phi) is 5.32. The molecule has 0 aromatic carbocycles. The van der Waals surface area contributed by atoms with Crippen LogP contribution in [0.25, 0.3) is 0 Å². The Balaban J connectivity index is 2.26. The first-order chi connectivity index (χ1) is 9.43. The molecule has 0 bridgehead atoms. The third kappa shape index (κ3) is 3.86. The van der Waals surface area contributed by atoms with Crippen LogP contribution in [0, 0.1) is 0 Å². The fourth-order valence-electron chi connectivity index (χ4n) is 2.24. The summed E-state index contributed by atoms with van der Waals surface area (Å²) in [5.74, 6) is 2.65. The van der Waals surface area contributed by atoms with Crippen molar-refractivity contribution in [1.82, 2.24) is 4.98 Å². The molecule has 0 spiro atoms. The van der Waals surface area contributed by atoms with E-state index in [9.17, 15) is 0 Å². The summed E-state index contributed by atoms with van der Waals surface area (Å²) in [4.78, 5) is 6.90. The molecule has 0 radical (unpaired) electrons. The van der Waals surface area contributed by atoms with Crippen molar-refractivity contribution in [2.75, 3.05) is 35.6 Å². The molecule has 1 aromatic rings. The molecular formula is C14H21Cl2N3S. The maximum atomic E-state index is 6.34. The number of hydrogen-bond acceptors (Lipinski definition) is 4. The van der Waals surface area contributed by atoms with E-state index in [4.69, 9.17) is 23.2 Å². The Morgan fingerprint density at radius 3 is 2.80 bits per heavy atom. The van der Waals surface area contributed by atoms with Crippen molar-refractivity contribution >= 4 is 46.6 Å². The lowest BCUT2D eigenvalue weighted by Gasteiger charge is -2.38. The molecule has 0 atom stereocenters. The van der Waals surface area contributed by atoms with Gasteiger partial charge in [-0.1, -0.05) is 30.1 Å². The van der Waals surface area contributed by atoms with Crippen LogP contribution in [0.1, 0.15) is 27.2 Å². The number of hydrogen-bond donors (Lipinski definition) is 1. The van der Waals surface area contributed by atoms with Gasteiger partial charge in [-0.25, -0.2) is 4.98 Å². The van der Waals surface area contributed by atoms with Crippen LogP contribution in [0.5, 0.6) is 0 Å². The molecule has 1 saturated heterocycles. The molecule has 3 nitrogen and oxygen atoms in total. The Morgan fingerprint density at radius 1 is 1.40 bits per heavy atom. The van der Waals surface area contributed by atoms with Crippen LogP contribution in [0.2, 0.25) is 10.0 Å². The fourth-order valence-corrected chi connectivity index (χ4v) is 3.90. The van der Waals surface area contributed by atoms with Gasteiger partial charge < -0.3 is 10.2 Å². The van der Waals surface area contributed by atoms with Gasteiger partial charge >= 0.3 is 0 Å². The first kappa shape index (κ1) is 16.1. The minimum atomic E-state index is 0.222. The highest BCUT2D eigenvalue weighted by molar-refractivity contribution is 8.00. The molecule has 2 heterocycles. The Morgan fingerprint density at radius 2 is 2.15 bits per heavy atom. The predicted molar refractivity (Wildman–Crippen MR) is 91.8 cm³/mol. The maximum Gasteiger partial charge on any atom is 0.150 e. The van der Waals surface area contributed by atoms with Crippen LogP contribution in [-0.4, -0.2) is 35.1 Å². The van der Waals surface area contributed by atoms with E-state index in [-0.39, 0.29) is 4.75 Å². The molecule has 1 aliphatic rings. The molecule has 1 aromatic heterocycles. The second kappa shape index (κ2) is 6.63. The van der Waals surface area contributed by atoms with Crippen molar-refractivity contribution in [2.45, 2.75) is 31.9 Å². The van der Waals surface area contributed by atoms with Gasteiger partial charge in [0.15, 0.2) is 0 Å². The number of halogens is 2. The molecule has 0 aliphatic carbocycles. The molecular weight excluding hydrogens is 313 g/mol. The van der Waals surface area contributed by atoms with E-state index >= 15 is 0 Å². The van der Waals surface area contributed by atoms with Crippen molar-refractivity contribution in [3.8, 4) is 0 Å².